The third-order valence-corrected chi connectivity index (χ3v) is 1.97. The van der Waals surface area contributed by atoms with Gasteiger partial charge in [-0.05, 0) is 37.6 Å². The van der Waals surface area contributed by atoms with Crippen LogP contribution in [0.5, 0.6) is 0 Å². The molecule has 0 bridgehead atoms. The van der Waals surface area contributed by atoms with Gasteiger partial charge in [0, 0.05) is 7.05 Å². The molecule has 0 aliphatic heterocycles. The second-order valence-corrected chi connectivity index (χ2v) is 2.92. The molecule has 62 valence electrons. The van der Waals surface area contributed by atoms with Crippen molar-refractivity contribution in [2.45, 2.75) is 25.4 Å². The Kier molecular flexibility index (Phi) is 3.36. The maximum atomic E-state index is 5.37. The number of hydrogen-bond donors (Lipinski definition) is 1. The molecule has 3 heteroatoms. The van der Waals surface area contributed by atoms with Gasteiger partial charge in [-0.25, -0.2) is 0 Å². The van der Waals surface area contributed by atoms with Crippen molar-refractivity contribution in [3.05, 3.63) is 12.2 Å². The van der Waals surface area contributed by atoms with Gasteiger partial charge >= 0.3 is 0 Å². The molecule has 0 radical (unpaired) electrons. The van der Waals surface area contributed by atoms with Crippen molar-refractivity contribution >= 4 is 17.4 Å². The summed E-state index contributed by atoms with van der Waals surface area (Å²) in [4.78, 5) is 0. The van der Waals surface area contributed by atoms with Crippen molar-refractivity contribution in [3.63, 3.8) is 0 Å². The third-order valence-electron chi connectivity index (χ3n) is 1.67. The largest absolute Gasteiger partial charge is 0.464 e. The van der Waals surface area contributed by atoms with Crippen LogP contribution in [-0.2, 0) is 4.74 Å². The van der Waals surface area contributed by atoms with Crippen LogP contribution in [0.2, 0.25) is 0 Å². The molecule has 0 amide bonds. The lowest BCUT2D eigenvalue weighted by molar-refractivity contribution is 0.214. The molecule has 1 atom stereocenters. The van der Waals surface area contributed by atoms with Gasteiger partial charge in [0.2, 0.25) is 0 Å². The number of nitrogens with one attached hydrogen (secondary N) is 1. The Morgan fingerprint density at radius 3 is 3.09 bits per heavy atom. The molecule has 0 aromatic heterocycles. The van der Waals surface area contributed by atoms with Crippen molar-refractivity contribution in [1.82, 2.24) is 5.32 Å². The highest BCUT2D eigenvalue weighted by Crippen LogP contribution is 2.13. The maximum absolute atomic E-state index is 5.37. The van der Waals surface area contributed by atoms with Gasteiger partial charge in [0.25, 0.3) is 5.17 Å². The molecule has 0 saturated carbocycles. The van der Waals surface area contributed by atoms with Crippen molar-refractivity contribution in [2.24, 2.45) is 0 Å². The zero-order valence-corrected chi connectivity index (χ0v) is 7.49. The van der Waals surface area contributed by atoms with Gasteiger partial charge < -0.3 is 10.1 Å². The zero-order valence-electron chi connectivity index (χ0n) is 6.67. The van der Waals surface area contributed by atoms with E-state index in [2.05, 4.69) is 17.5 Å². The molecule has 1 rings (SSSR count). The van der Waals surface area contributed by atoms with Crippen LogP contribution in [0.4, 0.5) is 0 Å². The fraction of sp³-hybridized carbons (Fsp3) is 0.625. The topological polar surface area (TPSA) is 21.3 Å². The summed E-state index contributed by atoms with van der Waals surface area (Å²) in [6, 6.07) is 0. The first-order valence-corrected chi connectivity index (χ1v) is 4.29. The van der Waals surface area contributed by atoms with Crippen molar-refractivity contribution in [1.29, 1.82) is 0 Å². The van der Waals surface area contributed by atoms with Crippen molar-refractivity contribution in [2.75, 3.05) is 7.05 Å². The predicted octanol–water partition coefficient (Wildman–Crippen LogP) is 1.62. The summed E-state index contributed by atoms with van der Waals surface area (Å²) in [7, 11) is 1.77. The van der Waals surface area contributed by atoms with E-state index in [1.165, 1.54) is 12.8 Å². The summed E-state index contributed by atoms with van der Waals surface area (Å²) >= 11 is 4.87. The number of hydrogen-bond acceptors (Lipinski definition) is 2. The van der Waals surface area contributed by atoms with Crippen molar-refractivity contribution in [3.8, 4) is 0 Å². The Labute approximate surface area is 72.6 Å². The van der Waals surface area contributed by atoms with Gasteiger partial charge in [-0.15, -0.1) is 0 Å². The van der Waals surface area contributed by atoms with E-state index in [1.54, 1.807) is 7.05 Å². The van der Waals surface area contributed by atoms with Crippen LogP contribution < -0.4 is 5.32 Å². The highest BCUT2D eigenvalue weighted by molar-refractivity contribution is 7.80. The summed E-state index contributed by atoms with van der Waals surface area (Å²) in [5, 5.41) is 3.28. The maximum Gasteiger partial charge on any atom is 0.256 e. The van der Waals surface area contributed by atoms with E-state index in [-0.39, 0.29) is 6.10 Å². The highest BCUT2D eigenvalue weighted by Gasteiger charge is 2.09. The fourth-order valence-electron chi connectivity index (χ4n) is 1.08. The van der Waals surface area contributed by atoms with Crippen LogP contribution in [-0.4, -0.2) is 18.3 Å². The van der Waals surface area contributed by atoms with Gasteiger partial charge in [-0.3, -0.25) is 0 Å². The van der Waals surface area contributed by atoms with Gasteiger partial charge in [0.1, 0.15) is 6.10 Å². The molecule has 1 aliphatic rings. The van der Waals surface area contributed by atoms with Crippen LogP contribution in [0, 0.1) is 0 Å². The van der Waals surface area contributed by atoms with Gasteiger partial charge in [-0.2, -0.15) is 0 Å². The van der Waals surface area contributed by atoms with Gasteiger partial charge in [-0.1, -0.05) is 6.08 Å². The smallest absolute Gasteiger partial charge is 0.256 e. The minimum atomic E-state index is 0.198. The molecule has 0 spiro atoms. The summed E-state index contributed by atoms with van der Waals surface area (Å²) in [6.07, 6.45) is 7.88. The van der Waals surface area contributed by atoms with Gasteiger partial charge in [0.15, 0.2) is 0 Å². The van der Waals surface area contributed by atoms with Crippen LogP contribution >= 0.6 is 12.2 Å². The molecule has 0 aromatic carbocycles. The third kappa shape index (κ3) is 2.89. The fourth-order valence-corrected chi connectivity index (χ4v) is 1.20. The zero-order chi connectivity index (χ0) is 8.10. The summed E-state index contributed by atoms with van der Waals surface area (Å²) in [5.74, 6) is 0. The standard InChI is InChI=1S/C8H13NOS/c1-9-8(11)10-7-5-3-2-4-6-7/h3,5,7H,2,4,6H2,1H3,(H,9,11)/t7-/m1/s1. The van der Waals surface area contributed by atoms with E-state index < -0.39 is 0 Å². The second kappa shape index (κ2) is 4.34. The van der Waals surface area contributed by atoms with Crippen LogP contribution in [0.15, 0.2) is 12.2 Å². The van der Waals surface area contributed by atoms with Crippen molar-refractivity contribution < 1.29 is 4.74 Å². The Balaban J connectivity index is 2.30. The monoisotopic (exact) mass is 171 g/mol. The molecular weight excluding hydrogens is 158 g/mol. The molecule has 0 saturated heterocycles. The SMILES string of the molecule is CNC(=S)O[C@@H]1C=CCCC1. The molecule has 0 aromatic rings. The average Bonchev–Trinajstić information content (AvgIpc) is 2.06. The predicted molar refractivity (Wildman–Crippen MR) is 49.5 cm³/mol. The van der Waals surface area contributed by atoms with E-state index >= 15 is 0 Å². The molecule has 0 fully saturated rings. The normalized spacial score (nSPS) is 22.8. The van der Waals surface area contributed by atoms with E-state index in [9.17, 15) is 0 Å². The summed E-state index contributed by atoms with van der Waals surface area (Å²) in [6.45, 7) is 0. The van der Waals surface area contributed by atoms with Crippen LogP contribution in [0.1, 0.15) is 19.3 Å². The summed E-state index contributed by atoms with van der Waals surface area (Å²) < 4.78 is 5.37. The van der Waals surface area contributed by atoms with E-state index in [1.807, 2.05) is 0 Å². The van der Waals surface area contributed by atoms with Crippen LogP contribution in [0.3, 0.4) is 0 Å². The molecule has 0 unspecified atom stereocenters. The first-order valence-electron chi connectivity index (χ1n) is 3.88. The molecule has 1 aliphatic carbocycles. The van der Waals surface area contributed by atoms with E-state index in [0.29, 0.717) is 5.17 Å². The van der Waals surface area contributed by atoms with E-state index in [4.69, 9.17) is 17.0 Å². The molecule has 0 heterocycles. The second-order valence-electron chi connectivity index (χ2n) is 2.55. The first-order chi connectivity index (χ1) is 5.33. The molecule has 11 heavy (non-hydrogen) atoms. The van der Waals surface area contributed by atoms with E-state index in [0.717, 1.165) is 6.42 Å². The number of thiocarbonyl (C=S) groups is 1. The lowest BCUT2D eigenvalue weighted by Crippen LogP contribution is -2.25. The molecule has 1 N–H and O–H groups in total. The average molecular weight is 171 g/mol. The quantitative estimate of drug-likeness (QED) is 0.478. The first kappa shape index (κ1) is 8.53. The molecule has 2 nitrogen and oxygen atoms in total. The number of rotatable bonds is 1. The Bertz CT molecular complexity index is 167. The Morgan fingerprint density at radius 2 is 2.55 bits per heavy atom. The Hall–Kier alpha value is -0.570. The minimum absolute atomic E-state index is 0.198. The van der Waals surface area contributed by atoms with Gasteiger partial charge in [0.05, 0.1) is 0 Å². The minimum Gasteiger partial charge on any atom is -0.464 e. The lowest BCUT2D eigenvalue weighted by Gasteiger charge is -2.17. The lowest BCUT2D eigenvalue weighted by atomic mass is 10.1. The Morgan fingerprint density at radius 1 is 1.73 bits per heavy atom. The highest BCUT2D eigenvalue weighted by atomic mass is 32.1. The summed E-state index contributed by atoms with van der Waals surface area (Å²) in [5.41, 5.74) is 0. The number of ether oxygens (including phenoxy) is 1. The number of allylic oxidation sites excluding steroid dienone is 1. The van der Waals surface area contributed by atoms with Crippen LogP contribution in [0.25, 0.3) is 0 Å². The molecular formula is C8H13NOS.